The topological polar surface area (TPSA) is 70.6 Å². The van der Waals surface area contributed by atoms with E-state index >= 15 is 0 Å². The molecule has 1 fully saturated rings. The molecule has 1 amide bonds. The van der Waals surface area contributed by atoms with Gasteiger partial charge in [0.05, 0.1) is 11.3 Å². The predicted molar refractivity (Wildman–Crippen MR) is 88.5 cm³/mol. The van der Waals surface area contributed by atoms with Gasteiger partial charge in [-0.2, -0.15) is 13.2 Å². The molecule has 2 aliphatic heterocycles. The van der Waals surface area contributed by atoms with Crippen LogP contribution in [-0.2, 0) is 20.8 Å². The number of aromatic nitrogens is 1. The quantitative estimate of drug-likeness (QED) is 0.772. The van der Waals surface area contributed by atoms with Crippen LogP contribution in [0.25, 0.3) is 0 Å². The number of hydrogen-bond acceptors (Lipinski definition) is 5. The normalized spacial score (nSPS) is 22.4. The van der Waals surface area contributed by atoms with Crippen molar-refractivity contribution in [2.75, 3.05) is 30.3 Å². The van der Waals surface area contributed by atoms with Crippen LogP contribution < -0.4 is 4.90 Å². The highest BCUT2D eigenvalue weighted by Crippen LogP contribution is 2.37. The van der Waals surface area contributed by atoms with Gasteiger partial charge < -0.3 is 9.80 Å². The fourth-order valence-electron chi connectivity index (χ4n) is 3.42. The van der Waals surface area contributed by atoms with Crippen LogP contribution in [0, 0.1) is 0 Å². The summed E-state index contributed by atoms with van der Waals surface area (Å²) in [6.45, 7) is 3.01. The third-order valence-electron chi connectivity index (χ3n) is 4.79. The lowest BCUT2D eigenvalue weighted by molar-refractivity contribution is -0.138. The van der Waals surface area contributed by atoms with Gasteiger partial charge in [-0.25, -0.2) is 13.4 Å². The Morgan fingerprint density at radius 1 is 1.35 bits per heavy atom. The van der Waals surface area contributed by atoms with Crippen molar-refractivity contribution in [1.29, 1.82) is 0 Å². The SMILES string of the molecule is CCCC(=O)N1CCN2c3ncc(C(F)(F)F)cc3S(=O)(=O)CC[C@H]2C1. The van der Waals surface area contributed by atoms with E-state index in [1.54, 1.807) is 9.80 Å². The molecule has 0 bridgehead atoms. The number of pyridine rings is 1. The number of carbonyl (C=O) groups excluding carboxylic acids is 1. The monoisotopic (exact) mass is 391 g/mol. The zero-order chi connectivity index (χ0) is 19.1. The average molecular weight is 391 g/mol. The molecule has 10 heteroatoms. The second kappa shape index (κ2) is 6.71. The molecule has 2 aliphatic rings. The standard InChI is InChI=1S/C16H20F3N3O3S/c1-2-3-14(23)21-5-6-22-12(10-21)4-7-26(24,25)13-8-11(16(17,18)19)9-20-15(13)22/h8-9,12H,2-7,10H2,1H3/t12-/m0/s1. The highest BCUT2D eigenvalue weighted by atomic mass is 32.2. The van der Waals surface area contributed by atoms with Crippen molar-refractivity contribution in [2.24, 2.45) is 0 Å². The van der Waals surface area contributed by atoms with E-state index in [1.165, 1.54) is 0 Å². The zero-order valence-corrected chi connectivity index (χ0v) is 15.1. The summed E-state index contributed by atoms with van der Waals surface area (Å²) in [5.74, 6) is -0.192. The number of alkyl halides is 3. The van der Waals surface area contributed by atoms with Crippen LogP contribution >= 0.6 is 0 Å². The molecule has 3 heterocycles. The maximum atomic E-state index is 13.0. The van der Waals surface area contributed by atoms with E-state index in [4.69, 9.17) is 0 Å². The molecule has 0 N–H and O–H groups in total. The molecule has 3 rings (SSSR count). The van der Waals surface area contributed by atoms with E-state index in [0.29, 0.717) is 38.3 Å². The van der Waals surface area contributed by atoms with Crippen LogP contribution in [0.5, 0.6) is 0 Å². The summed E-state index contributed by atoms with van der Waals surface area (Å²) in [5.41, 5.74) is -1.07. The molecule has 0 spiro atoms. The first-order valence-electron chi connectivity index (χ1n) is 8.48. The minimum absolute atomic E-state index is 0.0138. The Bertz CT molecular complexity index is 811. The van der Waals surface area contributed by atoms with Crippen LogP contribution in [0.3, 0.4) is 0 Å². The Hall–Kier alpha value is -1.84. The molecule has 0 aromatic carbocycles. The molecule has 26 heavy (non-hydrogen) atoms. The van der Waals surface area contributed by atoms with Crippen molar-refractivity contribution < 1.29 is 26.4 Å². The Labute approximate surface area is 149 Å². The second-order valence-corrected chi connectivity index (χ2v) is 8.67. The van der Waals surface area contributed by atoms with Gasteiger partial charge in [-0.05, 0) is 18.9 Å². The van der Waals surface area contributed by atoms with Gasteiger partial charge in [0.15, 0.2) is 9.84 Å². The predicted octanol–water partition coefficient (Wildman–Crippen LogP) is 2.10. The highest BCUT2D eigenvalue weighted by molar-refractivity contribution is 7.91. The number of fused-ring (bicyclic) bond motifs is 3. The largest absolute Gasteiger partial charge is 0.417 e. The summed E-state index contributed by atoms with van der Waals surface area (Å²) in [4.78, 5) is 19.1. The van der Waals surface area contributed by atoms with Gasteiger partial charge in [0.25, 0.3) is 0 Å². The van der Waals surface area contributed by atoms with Crippen molar-refractivity contribution >= 4 is 21.6 Å². The Morgan fingerprint density at radius 3 is 2.73 bits per heavy atom. The summed E-state index contributed by atoms with van der Waals surface area (Å²) in [7, 11) is -3.88. The van der Waals surface area contributed by atoms with Gasteiger partial charge in [0.1, 0.15) is 10.7 Å². The number of hydrogen-bond donors (Lipinski definition) is 0. The minimum Gasteiger partial charge on any atom is -0.349 e. The number of rotatable bonds is 2. The first kappa shape index (κ1) is 18.9. The van der Waals surface area contributed by atoms with Gasteiger partial charge in [-0.15, -0.1) is 0 Å². The van der Waals surface area contributed by atoms with E-state index in [-0.39, 0.29) is 34.8 Å². The second-order valence-electron chi connectivity index (χ2n) is 6.59. The lowest BCUT2D eigenvalue weighted by atomic mass is 10.1. The Kier molecular flexibility index (Phi) is 4.89. The maximum Gasteiger partial charge on any atom is 0.417 e. The highest BCUT2D eigenvalue weighted by Gasteiger charge is 2.39. The molecule has 0 unspecified atom stereocenters. The lowest BCUT2D eigenvalue weighted by Gasteiger charge is -2.41. The number of piperazine rings is 1. The van der Waals surface area contributed by atoms with Gasteiger partial charge in [0.2, 0.25) is 5.91 Å². The summed E-state index contributed by atoms with van der Waals surface area (Å²) in [6, 6.07) is 0.402. The van der Waals surface area contributed by atoms with Crippen molar-refractivity contribution in [1.82, 2.24) is 9.88 Å². The third kappa shape index (κ3) is 3.51. The van der Waals surface area contributed by atoms with Crippen molar-refractivity contribution in [2.45, 2.75) is 43.3 Å². The van der Waals surface area contributed by atoms with Crippen molar-refractivity contribution in [3.8, 4) is 0 Å². The number of halogens is 3. The molecular weight excluding hydrogens is 371 g/mol. The number of carbonyl (C=O) groups is 1. The van der Waals surface area contributed by atoms with Crippen LogP contribution in [0.4, 0.5) is 19.0 Å². The molecule has 1 saturated heterocycles. The first-order valence-corrected chi connectivity index (χ1v) is 10.1. The number of anilines is 1. The lowest BCUT2D eigenvalue weighted by Crippen LogP contribution is -2.55. The minimum atomic E-state index is -4.66. The number of sulfone groups is 1. The van der Waals surface area contributed by atoms with E-state index < -0.39 is 21.6 Å². The molecule has 0 radical (unpaired) electrons. The van der Waals surface area contributed by atoms with Gasteiger partial charge >= 0.3 is 6.18 Å². The summed E-state index contributed by atoms with van der Waals surface area (Å²) in [5, 5.41) is 0. The third-order valence-corrected chi connectivity index (χ3v) is 6.53. The molecule has 6 nitrogen and oxygen atoms in total. The molecule has 0 saturated carbocycles. The van der Waals surface area contributed by atoms with Gasteiger partial charge in [-0.1, -0.05) is 6.92 Å². The van der Waals surface area contributed by atoms with Gasteiger partial charge in [-0.3, -0.25) is 4.79 Å². The van der Waals surface area contributed by atoms with Crippen LogP contribution in [0.1, 0.15) is 31.7 Å². The average Bonchev–Trinajstić information content (AvgIpc) is 2.69. The fourth-order valence-corrected chi connectivity index (χ4v) is 4.97. The van der Waals surface area contributed by atoms with Crippen LogP contribution in [0.2, 0.25) is 0 Å². The number of nitrogens with zero attached hydrogens (tertiary/aromatic N) is 3. The fraction of sp³-hybridized carbons (Fsp3) is 0.625. The molecule has 1 atom stereocenters. The summed E-state index contributed by atoms with van der Waals surface area (Å²) in [6.07, 6.45) is -2.59. The smallest absolute Gasteiger partial charge is 0.349 e. The van der Waals surface area contributed by atoms with E-state index in [9.17, 15) is 26.4 Å². The Balaban J connectivity index is 1.96. The van der Waals surface area contributed by atoms with Gasteiger partial charge in [0, 0.05) is 38.3 Å². The first-order chi connectivity index (χ1) is 12.1. The molecule has 0 aliphatic carbocycles. The zero-order valence-electron chi connectivity index (χ0n) is 14.3. The van der Waals surface area contributed by atoms with Crippen molar-refractivity contribution in [3.63, 3.8) is 0 Å². The summed E-state index contributed by atoms with van der Waals surface area (Å²) < 4.78 is 63.9. The van der Waals surface area contributed by atoms with E-state index in [0.717, 1.165) is 6.42 Å². The maximum absolute atomic E-state index is 13.0. The van der Waals surface area contributed by atoms with Crippen molar-refractivity contribution in [3.05, 3.63) is 17.8 Å². The van der Waals surface area contributed by atoms with E-state index in [1.807, 2.05) is 6.92 Å². The molecular formula is C16H20F3N3O3S. The molecule has 1 aromatic rings. The van der Waals surface area contributed by atoms with Crippen LogP contribution in [0.15, 0.2) is 17.2 Å². The van der Waals surface area contributed by atoms with Crippen LogP contribution in [-0.4, -0.2) is 55.6 Å². The summed E-state index contributed by atoms with van der Waals surface area (Å²) >= 11 is 0. The van der Waals surface area contributed by atoms with E-state index in [2.05, 4.69) is 4.98 Å². The number of amides is 1. The Morgan fingerprint density at radius 2 is 2.08 bits per heavy atom. The molecule has 144 valence electrons. The molecule has 1 aromatic heterocycles.